The zero-order valence-corrected chi connectivity index (χ0v) is 10.4. The van der Waals surface area contributed by atoms with E-state index in [1.165, 1.54) is 30.4 Å². The van der Waals surface area contributed by atoms with Crippen molar-refractivity contribution in [2.24, 2.45) is 11.8 Å². The van der Waals surface area contributed by atoms with Crippen LogP contribution in [0, 0.1) is 11.8 Å². The van der Waals surface area contributed by atoms with Crippen molar-refractivity contribution in [2.45, 2.75) is 39.0 Å². The number of carboxylic acids is 1. The van der Waals surface area contributed by atoms with Gasteiger partial charge in [-0.05, 0) is 36.3 Å². The molecule has 0 aromatic rings. The molecule has 0 aromatic carbocycles. The predicted octanol–water partition coefficient (Wildman–Crippen LogP) is 3.71. The third-order valence-corrected chi connectivity index (χ3v) is 3.69. The van der Waals surface area contributed by atoms with Crippen molar-refractivity contribution in [2.75, 3.05) is 0 Å². The molecule has 2 nitrogen and oxygen atoms in total. The van der Waals surface area contributed by atoms with Crippen molar-refractivity contribution >= 4 is 5.97 Å². The Kier molecular flexibility index (Phi) is 3.82. The highest BCUT2D eigenvalue weighted by Crippen LogP contribution is 2.37. The van der Waals surface area contributed by atoms with Crippen LogP contribution >= 0.6 is 0 Å². The zero-order chi connectivity index (χ0) is 12.3. The molecule has 0 saturated heterocycles. The first kappa shape index (κ1) is 12.2. The van der Waals surface area contributed by atoms with E-state index in [0.717, 1.165) is 18.8 Å². The highest BCUT2D eigenvalue weighted by molar-refractivity contribution is 5.75. The maximum Gasteiger partial charge on any atom is 0.314 e. The third kappa shape index (κ3) is 2.87. The molecular formula is C15H20O2. The van der Waals surface area contributed by atoms with Crippen LogP contribution in [0.2, 0.25) is 0 Å². The fraction of sp³-hybridized carbons (Fsp3) is 0.533. The molecule has 1 N–H and O–H groups in total. The van der Waals surface area contributed by atoms with Crippen LogP contribution < -0.4 is 0 Å². The van der Waals surface area contributed by atoms with Gasteiger partial charge >= 0.3 is 5.97 Å². The Morgan fingerprint density at radius 1 is 1.29 bits per heavy atom. The molecule has 2 heteroatoms. The van der Waals surface area contributed by atoms with Crippen molar-refractivity contribution in [1.82, 2.24) is 0 Å². The van der Waals surface area contributed by atoms with Crippen molar-refractivity contribution in [3.8, 4) is 0 Å². The molecule has 0 fully saturated rings. The number of aliphatic carboxylic acids is 1. The first-order valence-corrected chi connectivity index (χ1v) is 6.52. The van der Waals surface area contributed by atoms with Crippen LogP contribution in [0.3, 0.4) is 0 Å². The fourth-order valence-corrected chi connectivity index (χ4v) is 2.67. The quantitative estimate of drug-likeness (QED) is 0.802. The normalized spacial score (nSPS) is 20.8. The van der Waals surface area contributed by atoms with Gasteiger partial charge in [-0.1, -0.05) is 44.1 Å². The number of rotatable bonds is 4. The number of hydrogen-bond acceptors (Lipinski definition) is 1. The van der Waals surface area contributed by atoms with E-state index in [-0.39, 0.29) is 0 Å². The average Bonchev–Trinajstić information content (AvgIpc) is 2.58. The summed E-state index contributed by atoms with van der Waals surface area (Å²) in [6.07, 6.45) is 13.8. The summed E-state index contributed by atoms with van der Waals surface area (Å²) < 4.78 is 0. The van der Waals surface area contributed by atoms with Gasteiger partial charge in [0.15, 0.2) is 0 Å². The van der Waals surface area contributed by atoms with E-state index >= 15 is 0 Å². The molecule has 0 bridgehead atoms. The summed E-state index contributed by atoms with van der Waals surface area (Å²) in [5, 5.41) is 8.97. The molecule has 2 aliphatic carbocycles. The molecular weight excluding hydrogens is 212 g/mol. The van der Waals surface area contributed by atoms with E-state index in [9.17, 15) is 4.79 Å². The summed E-state index contributed by atoms with van der Waals surface area (Å²) in [5.41, 5.74) is 2.71. The second kappa shape index (κ2) is 5.35. The Bertz CT molecular complexity index is 362. The Balaban J connectivity index is 1.99. The van der Waals surface area contributed by atoms with Crippen molar-refractivity contribution < 1.29 is 9.90 Å². The van der Waals surface area contributed by atoms with Crippen molar-refractivity contribution in [1.29, 1.82) is 0 Å². The standard InChI is InChI=1S/C15H20O2/c1-2-3-4-11-9-13-7-5-12(15(16)17)6-8-14(13)10-11/h5-8,11-12H,2-4,9-10H2,1H3,(H,16,17). The largest absolute Gasteiger partial charge is 0.481 e. The minimum Gasteiger partial charge on any atom is -0.481 e. The molecule has 2 aliphatic rings. The minimum atomic E-state index is -0.763. The summed E-state index contributed by atoms with van der Waals surface area (Å²) in [6.45, 7) is 2.23. The molecule has 92 valence electrons. The third-order valence-electron chi connectivity index (χ3n) is 3.69. The monoisotopic (exact) mass is 232 g/mol. The van der Waals surface area contributed by atoms with Gasteiger partial charge in [-0.3, -0.25) is 4.79 Å². The van der Waals surface area contributed by atoms with E-state index in [4.69, 9.17) is 5.11 Å². The first-order chi connectivity index (χ1) is 8.20. The Hall–Kier alpha value is -1.31. The van der Waals surface area contributed by atoms with E-state index in [1.807, 2.05) is 24.3 Å². The Morgan fingerprint density at radius 3 is 2.35 bits per heavy atom. The lowest BCUT2D eigenvalue weighted by atomic mass is 9.97. The van der Waals surface area contributed by atoms with E-state index in [1.54, 1.807) is 0 Å². The lowest BCUT2D eigenvalue weighted by molar-refractivity contribution is -0.138. The molecule has 0 unspecified atom stereocenters. The van der Waals surface area contributed by atoms with Crippen LogP contribution in [0.5, 0.6) is 0 Å². The van der Waals surface area contributed by atoms with E-state index < -0.39 is 11.9 Å². The molecule has 0 radical (unpaired) electrons. The average molecular weight is 232 g/mol. The topological polar surface area (TPSA) is 37.3 Å². The smallest absolute Gasteiger partial charge is 0.314 e. The van der Waals surface area contributed by atoms with Gasteiger partial charge in [0.05, 0.1) is 5.92 Å². The van der Waals surface area contributed by atoms with Gasteiger partial charge in [-0.25, -0.2) is 0 Å². The number of hydrogen-bond donors (Lipinski definition) is 1. The molecule has 0 atom stereocenters. The molecule has 0 saturated carbocycles. The molecule has 0 amide bonds. The van der Waals surface area contributed by atoms with Gasteiger partial charge in [0, 0.05) is 0 Å². The highest BCUT2D eigenvalue weighted by atomic mass is 16.4. The molecule has 0 heterocycles. The van der Waals surface area contributed by atoms with Gasteiger partial charge in [0.25, 0.3) is 0 Å². The Labute approximate surface area is 103 Å². The summed E-state index contributed by atoms with van der Waals surface area (Å²) in [4.78, 5) is 10.9. The number of allylic oxidation sites excluding steroid dienone is 4. The molecule has 0 aliphatic heterocycles. The maximum absolute atomic E-state index is 10.9. The van der Waals surface area contributed by atoms with Crippen molar-refractivity contribution in [3.63, 3.8) is 0 Å². The van der Waals surface area contributed by atoms with Crippen LogP contribution in [0.4, 0.5) is 0 Å². The van der Waals surface area contributed by atoms with Gasteiger partial charge in [-0.2, -0.15) is 0 Å². The van der Waals surface area contributed by atoms with Crippen LogP contribution in [0.15, 0.2) is 35.5 Å². The van der Waals surface area contributed by atoms with Crippen molar-refractivity contribution in [3.05, 3.63) is 35.5 Å². The van der Waals surface area contributed by atoms with Crippen LogP contribution in [-0.4, -0.2) is 11.1 Å². The molecule has 17 heavy (non-hydrogen) atoms. The second-order valence-electron chi connectivity index (χ2n) is 5.05. The summed E-state index contributed by atoms with van der Waals surface area (Å²) in [7, 11) is 0. The number of unbranched alkanes of at least 4 members (excludes halogenated alkanes) is 1. The number of carboxylic acid groups (broad SMARTS) is 1. The van der Waals surface area contributed by atoms with Crippen LogP contribution in [-0.2, 0) is 4.79 Å². The van der Waals surface area contributed by atoms with E-state index in [2.05, 4.69) is 6.92 Å². The van der Waals surface area contributed by atoms with Gasteiger partial charge in [0.2, 0.25) is 0 Å². The summed E-state index contributed by atoms with van der Waals surface area (Å²) in [6, 6.07) is 0. The lowest BCUT2D eigenvalue weighted by Crippen LogP contribution is -2.07. The molecule has 0 spiro atoms. The lowest BCUT2D eigenvalue weighted by Gasteiger charge is -2.08. The summed E-state index contributed by atoms with van der Waals surface area (Å²) >= 11 is 0. The predicted molar refractivity (Wildman–Crippen MR) is 68.7 cm³/mol. The minimum absolute atomic E-state index is 0.449. The number of carbonyl (C=O) groups is 1. The fourth-order valence-electron chi connectivity index (χ4n) is 2.67. The highest BCUT2D eigenvalue weighted by Gasteiger charge is 2.23. The maximum atomic E-state index is 10.9. The SMILES string of the molecule is CCCCC1CC2=C(C=CC(C(=O)O)C=C2)C1. The Morgan fingerprint density at radius 2 is 1.88 bits per heavy atom. The molecule has 0 aromatic heterocycles. The van der Waals surface area contributed by atoms with Gasteiger partial charge < -0.3 is 5.11 Å². The zero-order valence-electron chi connectivity index (χ0n) is 10.4. The van der Waals surface area contributed by atoms with Gasteiger partial charge in [0.1, 0.15) is 0 Å². The van der Waals surface area contributed by atoms with Crippen LogP contribution in [0.25, 0.3) is 0 Å². The molecule has 2 rings (SSSR count). The summed E-state index contributed by atoms with van der Waals surface area (Å²) in [5.74, 6) is -0.438. The van der Waals surface area contributed by atoms with Crippen LogP contribution in [0.1, 0.15) is 39.0 Å². The van der Waals surface area contributed by atoms with Gasteiger partial charge in [-0.15, -0.1) is 0 Å². The first-order valence-electron chi connectivity index (χ1n) is 6.52. The second-order valence-corrected chi connectivity index (χ2v) is 5.05. The van der Waals surface area contributed by atoms with E-state index in [0.29, 0.717) is 0 Å².